The highest BCUT2D eigenvalue weighted by molar-refractivity contribution is 5.59. The number of aromatic nitrogens is 2. The third-order valence-corrected chi connectivity index (χ3v) is 2.73. The van der Waals surface area contributed by atoms with Crippen molar-refractivity contribution in [1.82, 2.24) is 9.78 Å². The number of nitrogen functional groups attached to an aromatic ring is 1. The van der Waals surface area contributed by atoms with Crippen LogP contribution in [0.1, 0.15) is 18.9 Å². The van der Waals surface area contributed by atoms with Crippen LogP contribution in [0, 0.1) is 0 Å². The van der Waals surface area contributed by atoms with Crippen LogP contribution in [0.2, 0.25) is 0 Å². The lowest BCUT2D eigenvalue weighted by Crippen LogP contribution is -2.23. The van der Waals surface area contributed by atoms with E-state index in [1.54, 1.807) is 23.0 Å². The minimum absolute atomic E-state index is 0.0268. The molecule has 0 saturated carbocycles. The van der Waals surface area contributed by atoms with Gasteiger partial charge in [0.05, 0.1) is 6.54 Å². The molecule has 0 amide bonds. The fraction of sp³-hybridized carbons (Fsp3) is 0.308. The van der Waals surface area contributed by atoms with E-state index >= 15 is 0 Å². The Morgan fingerprint density at radius 1 is 1.42 bits per heavy atom. The van der Waals surface area contributed by atoms with Crippen LogP contribution >= 0.6 is 0 Å². The molecule has 6 heteroatoms. The average molecular weight is 266 g/mol. The third-order valence-electron chi connectivity index (χ3n) is 2.73. The molecule has 0 saturated heterocycles. The van der Waals surface area contributed by atoms with E-state index in [9.17, 15) is 8.78 Å². The number of nitrogens with two attached hydrogens (primary N) is 1. The van der Waals surface area contributed by atoms with Crippen molar-refractivity contribution < 1.29 is 8.78 Å². The normalized spacial score (nSPS) is 12.6. The van der Waals surface area contributed by atoms with Crippen LogP contribution in [0.3, 0.4) is 0 Å². The van der Waals surface area contributed by atoms with Gasteiger partial charge < -0.3 is 11.1 Å². The molecule has 102 valence electrons. The number of anilines is 2. The summed E-state index contributed by atoms with van der Waals surface area (Å²) in [5.74, 6) is 0. The number of rotatable bonds is 5. The van der Waals surface area contributed by atoms with Gasteiger partial charge in [0.25, 0.3) is 6.43 Å². The molecule has 0 bridgehead atoms. The molecule has 0 fully saturated rings. The maximum atomic E-state index is 12.9. The van der Waals surface area contributed by atoms with Gasteiger partial charge in [-0.25, -0.2) is 8.78 Å². The Morgan fingerprint density at radius 3 is 2.84 bits per heavy atom. The first-order valence-corrected chi connectivity index (χ1v) is 5.98. The molecule has 0 aliphatic rings. The SMILES string of the molecule is CC(Cn1cccn1)Nc1ccc(N)cc1C(F)F. The predicted octanol–water partition coefficient (Wildman–Crippen LogP) is 2.90. The van der Waals surface area contributed by atoms with Gasteiger partial charge in [0.1, 0.15) is 0 Å². The van der Waals surface area contributed by atoms with Crippen LogP contribution in [0.25, 0.3) is 0 Å². The maximum absolute atomic E-state index is 12.9. The van der Waals surface area contributed by atoms with Crippen molar-refractivity contribution in [3.63, 3.8) is 0 Å². The van der Waals surface area contributed by atoms with Crippen molar-refractivity contribution in [2.24, 2.45) is 0 Å². The summed E-state index contributed by atoms with van der Waals surface area (Å²) in [5.41, 5.74) is 6.19. The lowest BCUT2D eigenvalue weighted by atomic mass is 10.1. The number of halogens is 2. The van der Waals surface area contributed by atoms with E-state index in [4.69, 9.17) is 5.73 Å². The van der Waals surface area contributed by atoms with Crippen molar-refractivity contribution in [2.45, 2.75) is 25.9 Å². The van der Waals surface area contributed by atoms with Crippen LogP contribution in [0.5, 0.6) is 0 Å². The fourth-order valence-corrected chi connectivity index (χ4v) is 1.89. The van der Waals surface area contributed by atoms with Crippen LogP contribution in [0.15, 0.2) is 36.7 Å². The zero-order chi connectivity index (χ0) is 13.8. The molecule has 1 unspecified atom stereocenters. The van der Waals surface area contributed by atoms with Gasteiger partial charge in [0.2, 0.25) is 0 Å². The maximum Gasteiger partial charge on any atom is 0.265 e. The van der Waals surface area contributed by atoms with E-state index in [1.165, 1.54) is 6.07 Å². The van der Waals surface area contributed by atoms with Gasteiger partial charge >= 0.3 is 0 Å². The van der Waals surface area contributed by atoms with Crippen molar-refractivity contribution in [3.05, 3.63) is 42.2 Å². The molecule has 1 aromatic heterocycles. The van der Waals surface area contributed by atoms with E-state index in [0.717, 1.165) is 0 Å². The van der Waals surface area contributed by atoms with E-state index in [1.807, 2.05) is 19.2 Å². The number of alkyl halides is 2. The molecule has 0 aliphatic carbocycles. The van der Waals surface area contributed by atoms with E-state index in [0.29, 0.717) is 17.9 Å². The lowest BCUT2D eigenvalue weighted by molar-refractivity contribution is 0.152. The average Bonchev–Trinajstić information content (AvgIpc) is 2.83. The molecular weight excluding hydrogens is 250 g/mol. The highest BCUT2D eigenvalue weighted by atomic mass is 19.3. The van der Waals surface area contributed by atoms with Crippen LogP contribution in [-0.4, -0.2) is 15.8 Å². The summed E-state index contributed by atoms with van der Waals surface area (Å²) in [7, 11) is 0. The molecule has 1 heterocycles. The smallest absolute Gasteiger partial charge is 0.265 e. The Labute approximate surface area is 110 Å². The van der Waals surface area contributed by atoms with Crippen LogP contribution < -0.4 is 11.1 Å². The summed E-state index contributed by atoms with van der Waals surface area (Å²) in [6.07, 6.45) is 0.957. The highest BCUT2D eigenvalue weighted by Gasteiger charge is 2.15. The second-order valence-electron chi connectivity index (χ2n) is 4.42. The first-order chi connectivity index (χ1) is 9.06. The van der Waals surface area contributed by atoms with Gasteiger partial charge in [-0.3, -0.25) is 4.68 Å². The zero-order valence-electron chi connectivity index (χ0n) is 10.6. The fourth-order valence-electron chi connectivity index (χ4n) is 1.89. The molecule has 0 radical (unpaired) electrons. The molecule has 3 N–H and O–H groups in total. The summed E-state index contributed by atoms with van der Waals surface area (Å²) in [6.45, 7) is 2.51. The van der Waals surface area contributed by atoms with E-state index in [2.05, 4.69) is 10.4 Å². The summed E-state index contributed by atoms with van der Waals surface area (Å²) in [4.78, 5) is 0. The molecule has 0 spiro atoms. The number of hydrogen-bond acceptors (Lipinski definition) is 3. The second-order valence-corrected chi connectivity index (χ2v) is 4.42. The first kappa shape index (κ1) is 13.3. The molecule has 19 heavy (non-hydrogen) atoms. The quantitative estimate of drug-likeness (QED) is 0.818. The van der Waals surface area contributed by atoms with Crippen molar-refractivity contribution in [2.75, 3.05) is 11.1 Å². The van der Waals surface area contributed by atoms with Gasteiger partial charge in [0, 0.05) is 35.4 Å². The lowest BCUT2D eigenvalue weighted by Gasteiger charge is -2.18. The molecule has 1 atom stereocenters. The largest absolute Gasteiger partial charge is 0.399 e. The monoisotopic (exact) mass is 266 g/mol. The molecule has 0 aliphatic heterocycles. The Balaban J connectivity index is 2.10. The summed E-state index contributed by atoms with van der Waals surface area (Å²) in [5, 5.41) is 7.14. The molecular formula is C13H16F2N4. The highest BCUT2D eigenvalue weighted by Crippen LogP contribution is 2.29. The summed E-state index contributed by atoms with van der Waals surface area (Å²) >= 11 is 0. The topological polar surface area (TPSA) is 55.9 Å². The first-order valence-electron chi connectivity index (χ1n) is 5.98. The van der Waals surface area contributed by atoms with E-state index in [-0.39, 0.29) is 11.6 Å². The van der Waals surface area contributed by atoms with Crippen LogP contribution in [0.4, 0.5) is 20.2 Å². The predicted molar refractivity (Wildman–Crippen MR) is 71.1 cm³/mol. The molecule has 1 aromatic carbocycles. The van der Waals surface area contributed by atoms with Gasteiger partial charge in [-0.05, 0) is 31.2 Å². The van der Waals surface area contributed by atoms with Crippen molar-refractivity contribution >= 4 is 11.4 Å². The second kappa shape index (κ2) is 5.69. The number of nitrogens with zero attached hydrogens (tertiary/aromatic N) is 2. The molecule has 2 rings (SSSR count). The number of benzene rings is 1. The zero-order valence-corrected chi connectivity index (χ0v) is 10.6. The molecule has 2 aromatic rings. The Bertz CT molecular complexity index is 525. The minimum atomic E-state index is -2.55. The van der Waals surface area contributed by atoms with Crippen molar-refractivity contribution in [1.29, 1.82) is 0 Å². The Hall–Kier alpha value is -2.11. The van der Waals surface area contributed by atoms with Gasteiger partial charge in [-0.15, -0.1) is 0 Å². The van der Waals surface area contributed by atoms with Gasteiger partial charge in [-0.2, -0.15) is 5.10 Å². The minimum Gasteiger partial charge on any atom is -0.399 e. The Kier molecular flexibility index (Phi) is 3.99. The van der Waals surface area contributed by atoms with Crippen molar-refractivity contribution in [3.8, 4) is 0 Å². The number of hydrogen-bond donors (Lipinski definition) is 2. The van der Waals surface area contributed by atoms with E-state index < -0.39 is 6.43 Å². The summed E-state index contributed by atoms with van der Waals surface area (Å²) < 4.78 is 27.6. The standard InChI is InChI=1S/C13H16F2N4/c1-9(8-19-6-2-5-17-19)18-12-4-3-10(16)7-11(12)13(14)15/h2-7,9,13,18H,8,16H2,1H3. The van der Waals surface area contributed by atoms with Crippen LogP contribution in [-0.2, 0) is 6.54 Å². The Morgan fingerprint density at radius 2 is 2.21 bits per heavy atom. The van der Waals surface area contributed by atoms with Gasteiger partial charge in [-0.1, -0.05) is 0 Å². The third kappa shape index (κ3) is 3.43. The van der Waals surface area contributed by atoms with Gasteiger partial charge in [0.15, 0.2) is 0 Å². The molecule has 4 nitrogen and oxygen atoms in total. The summed E-state index contributed by atoms with van der Waals surface area (Å²) in [6, 6.07) is 6.28. The number of nitrogens with one attached hydrogen (secondary N) is 1.